The fourth-order valence-electron chi connectivity index (χ4n) is 1.46. The maximum Gasteiger partial charge on any atom is 0.206 e. The van der Waals surface area contributed by atoms with Gasteiger partial charge < -0.3 is 5.11 Å². The van der Waals surface area contributed by atoms with Crippen molar-refractivity contribution in [3.8, 4) is 5.75 Å². The van der Waals surface area contributed by atoms with Gasteiger partial charge in [-0.2, -0.15) is 4.39 Å². The van der Waals surface area contributed by atoms with Crippen molar-refractivity contribution in [3.63, 3.8) is 0 Å². The topological polar surface area (TPSA) is 20.2 Å². The standard InChI is InChI=1S/C13H8F4OS/c14-8-9(15)12(18)11(17)13(10(8)16)19-6-7-4-2-1-3-5-7/h1-5,18H,6H2. The number of halogens is 4. The largest absolute Gasteiger partial charge is 0.503 e. The minimum Gasteiger partial charge on any atom is -0.503 e. The molecule has 0 bridgehead atoms. The molecular weight excluding hydrogens is 280 g/mol. The number of phenols is 1. The summed E-state index contributed by atoms with van der Waals surface area (Å²) in [4.78, 5) is -0.736. The fourth-order valence-corrected chi connectivity index (χ4v) is 2.40. The molecule has 0 radical (unpaired) electrons. The quantitative estimate of drug-likeness (QED) is 0.394. The molecule has 1 nitrogen and oxygen atoms in total. The molecule has 2 aromatic rings. The summed E-state index contributed by atoms with van der Waals surface area (Å²) in [6.07, 6.45) is 0. The second-order valence-corrected chi connectivity index (χ2v) is 4.69. The molecule has 0 aliphatic heterocycles. The van der Waals surface area contributed by atoms with Gasteiger partial charge in [-0.1, -0.05) is 30.3 Å². The first kappa shape index (κ1) is 13.7. The number of rotatable bonds is 3. The third-order valence-corrected chi connectivity index (χ3v) is 3.55. The SMILES string of the molecule is Oc1c(F)c(F)c(F)c(SCc2ccccc2)c1F. The van der Waals surface area contributed by atoms with E-state index in [1.807, 2.05) is 0 Å². The Hall–Kier alpha value is -1.69. The number of phenolic OH excluding ortho intramolecular Hbond substituents is 1. The van der Waals surface area contributed by atoms with E-state index in [9.17, 15) is 17.6 Å². The number of hydrogen-bond donors (Lipinski definition) is 1. The molecule has 2 aromatic carbocycles. The number of hydrogen-bond acceptors (Lipinski definition) is 2. The van der Waals surface area contributed by atoms with Crippen molar-refractivity contribution in [2.75, 3.05) is 0 Å². The van der Waals surface area contributed by atoms with E-state index in [0.29, 0.717) is 11.8 Å². The molecule has 0 saturated heterocycles. The minimum absolute atomic E-state index is 0.166. The van der Waals surface area contributed by atoms with E-state index in [-0.39, 0.29) is 5.75 Å². The molecule has 0 spiro atoms. The summed E-state index contributed by atoms with van der Waals surface area (Å²) in [5.74, 6) is -8.26. The lowest BCUT2D eigenvalue weighted by molar-refractivity contribution is 0.345. The molecule has 1 N–H and O–H groups in total. The monoisotopic (exact) mass is 288 g/mol. The van der Waals surface area contributed by atoms with Gasteiger partial charge in [-0.05, 0) is 5.56 Å². The lowest BCUT2D eigenvalue weighted by Crippen LogP contribution is -1.99. The van der Waals surface area contributed by atoms with Crippen molar-refractivity contribution in [2.45, 2.75) is 10.6 Å². The van der Waals surface area contributed by atoms with Crippen LogP contribution in [0.3, 0.4) is 0 Å². The van der Waals surface area contributed by atoms with Gasteiger partial charge >= 0.3 is 0 Å². The molecule has 0 unspecified atom stereocenters. The molecular formula is C13H8F4OS. The molecule has 19 heavy (non-hydrogen) atoms. The van der Waals surface area contributed by atoms with Gasteiger partial charge in [0.1, 0.15) is 0 Å². The predicted molar refractivity (Wildman–Crippen MR) is 63.9 cm³/mol. The Balaban J connectivity index is 2.31. The third kappa shape index (κ3) is 2.68. The van der Waals surface area contributed by atoms with Crippen LogP contribution in [0.4, 0.5) is 17.6 Å². The number of benzene rings is 2. The van der Waals surface area contributed by atoms with Crippen molar-refractivity contribution < 1.29 is 22.7 Å². The molecule has 0 atom stereocenters. The molecule has 100 valence electrons. The maximum atomic E-state index is 13.5. The second kappa shape index (κ2) is 5.52. The number of thioether (sulfide) groups is 1. The van der Waals surface area contributed by atoms with Crippen molar-refractivity contribution in [1.29, 1.82) is 0 Å². The molecule has 0 aromatic heterocycles. The first-order chi connectivity index (χ1) is 9.02. The normalized spacial score (nSPS) is 10.7. The summed E-state index contributed by atoms with van der Waals surface area (Å²) in [5, 5.41) is 9.02. The van der Waals surface area contributed by atoms with Crippen LogP contribution in [0.25, 0.3) is 0 Å². The zero-order valence-corrected chi connectivity index (χ0v) is 10.3. The van der Waals surface area contributed by atoms with Gasteiger partial charge in [0.15, 0.2) is 23.2 Å². The molecule has 0 amide bonds. The fraction of sp³-hybridized carbons (Fsp3) is 0.0769. The zero-order chi connectivity index (χ0) is 14.0. The number of aromatic hydroxyl groups is 1. The molecule has 2 rings (SSSR count). The Bertz CT molecular complexity index is 572. The second-order valence-electron chi connectivity index (χ2n) is 3.71. The molecule has 0 aliphatic rings. The van der Waals surface area contributed by atoms with Crippen LogP contribution in [0.1, 0.15) is 5.56 Å². The smallest absolute Gasteiger partial charge is 0.206 e. The highest BCUT2D eigenvalue weighted by molar-refractivity contribution is 7.98. The average molecular weight is 288 g/mol. The van der Waals surface area contributed by atoms with E-state index in [1.165, 1.54) is 0 Å². The Labute approximate surface area is 110 Å². The van der Waals surface area contributed by atoms with Gasteiger partial charge in [-0.25, -0.2) is 13.2 Å². The van der Waals surface area contributed by atoms with Crippen LogP contribution in [0.15, 0.2) is 35.2 Å². The van der Waals surface area contributed by atoms with E-state index in [4.69, 9.17) is 5.11 Å². The molecule has 0 aliphatic carbocycles. The Morgan fingerprint density at radius 1 is 0.842 bits per heavy atom. The Kier molecular flexibility index (Phi) is 3.99. The Morgan fingerprint density at radius 2 is 1.47 bits per heavy atom. The van der Waals surface area contributed by atoms with Crippen LogP contribution < -0.4 is 0 Å². The zero-order valence-electron chi connectivity index (χ0n) is 9.46. The van der Waals surface area contributed by atoms with Gasteiger partial charge in [0.2, 0.25) is 5.82 Å². The minimum atomic E-state index is -1.92. The summed E-state index contributed by atoms with van der Waals surface area (Å²) in [7, 11) is 0. The summed E-state index contributed by atoms with van der Waals surface area (Å²) >= 11 is 0.647. The van der Waals surface area contributed by atoms with E-state index < -0.39 is 33.9 Å². The average Bonchev–Trinajstić information content (AvgIpc) is 2.44. The highest BCUT2D eigenvalue weighted by Crippen LogP contribution is 2.36. The van der Waals surface area contributed by atoms with Crippen LogP contribution >= 0.6 is 11.8 Å². The van der Waals surface area contributed by atoms with E-state index in [1.54, 1.807) is 30.3 Å². The van der Waals surface area contributed by atoms with Crippen LogP contribution in [-0.2, 0) is 5.75 Å². The van der Waals surface area contributed by atoms with Gasteiger partial charge in [0.05, 0.1) is 4.90 Å². The van der Waals surface area contributed by atoms with Crippen molar-refractivity contribution in [1.82, 2.24) is 0 Å². The first-order valence-electron chi connectivity index (χ1n) is 5.24. The van der Waals surface area contributed by atoms with Crippen molar-refractivity contribution in [3.05, 3.63) is 59.2 Å². The van der Waals surface area contributed by atoms with Crippen LogP contribution in [-0.4, -0.2) is 5.11 Å². The lowest BCUT2D eigenvalue weighted by atomic mass is 10.2. The van der Waals surface area contributed by atoms with E-state index >= 15 is 0 Å². The molecule has 0 saturated carbocycles. The highest BCUT2D eigenvalue weighted by atomic mass is 32.2. The third-order valence-electron chi connectivity index (χ3n) is 2.43. The summed E-state index contributed by atoms with van der Waals surface area (Å²) in [6.45, 7) is 0. The summed E-state index contributed by atoms with van der Waals surface area (Å²) < 4.78 is 52.9. The molecule has 6 heteroatoms. The summed E-state index contributed by atoms with van der Waals surface area (Å²) in [6, 6.07) is 8.71. The summed E-state index contributed by atoms with van der Waals surface area (Å²) in [5.41, 5.74) is 0.760. The predicted octanol–water partition coefficient (Wildman–Crippen LogP) is 4.24. The van der Waals surface area contributed by atoms with E-state index in [0.717, 1.165) is 5.56 Å². The van der Waals surface area contributed by atoms with Gasteiger partial charge in [-0.3, -0.25) is 0 Å². The Morgan fingerprint density at radius 3 is 2.11 bits per heavy atom. The van der Waals surface area contributed by atoms with Crippen LogP contribution in [0.5, 0.6) is 5.75 Å². The van der Waals surface area contributed by atoms with Crippen molar-refractivity contribution in [2.24, 2.45) is 0 Å². The van der Waals surface area contributed by atoms with Gasteiger partial charge in [-0.15, -0.1) is 11.8 Å². The van der Waals surface area contributed by atoms with Crippen LogP contribution in [0, 0.1) is 23.3 Å². The first-order valence-corrected chi connectivity index (χ1v) is 6.22. The molecule has 0 heterocycles. The lowest BCUT2D eigenvalue weighted by Gasteiger charge is -2.08. The van der Waals surface area contributed by atoms with Crippen LogP contribution in [0.2, 0.25) is 0 Å². The molecule has 0 fully saturated rings. The highest BCUT2D eigenvalue weighted by Gasteiger charge is 2.25. The van der Waals surface area contributed by atoms with Gasteiger partial charge in [0.25, 0.3) is 0 Å². The maximum absolute atomic E-state index is 13.5. The van der Waals surface area contributed by atoms with Gasteiger partial charge in [0, 0.05) is 5.75 Å². The van der Waals surface area contributed by atoms with Crippen molar-refractivity contribution >= 4 is 11.8 Å². The van der Waals surface area contributed by atoms with E-state index in [2.05, 4.69) is 0 Å².